The van der Waals surface area contributed by atoms with Crippen molar-refractivity contribution in [1.82, 2.24) is 14.3 Å². The zero-order valence-electron chi connectivity index (χ0n) is 14.1. The molecule has 0 fully saturated rings. The van der Waals surface area contributed by atoms with Crippen LogP contribution in [0.2, 0.25) is 0 Å². The van der Waals surface area contributed by atoms with Crippen LogP contribution in [0, 0.1) is 13.8 Å². The first-order valence-corrected chi connectivity index (χ1v) is 8.13. The highest BCUT2D eigenvalue weighted by molar-refractivity contribution is 5.32. The summed E-state index contributed by atoms with van der Waals surface area (Å²) in [4.78, 5) is 0. The number of ether oxygens (including phenoxy) is 1. The SMILES string of the molecule is Cc1ccc(C)n1-c1cc(CO)n(CCOCc2ccccc2)n1. The fourth-order valence-electron chi connectivity index (χ4n) is 2.82. The maximum atomic E-state index is 9.59. The number of aliphatic hydroxyl groups excluding tert-OH is 1. The lowest BCUT2D eigenvalue weighted by atomic mass is 10.2. The van der Waals surface area contributed by atoms with E-state index >= 15 is 0 Å². The summed E-state index contributed by atoms with van der Waals surface area (Å²) in [7, 11) is 0. The lowest BCUT2D eigenvalue weighted by Gasteiger charge is -2.07. The molecule has 0 aliphatic carbocycles. The molecule has 24 heavy (non-hydrogen) atoms. The van der Waals surface area contributed by atoms with Crippen molar-refractivity contribution in [2.75, 3.05) is 6.61 Å². The Morgan fingerprint density at radius 2 is 1.75 bits per heavy atom. The van der Waals surface area contributed by atoms with Gasteiger partial charge >= 0.3 is 0 Å². The van der Waals surface area contributed by atoms with Crippen molar-refractivity contribution in [2.24, 2.45) is 0 Å². The summed E-state index contributed by atoms with van der Waals surface area (Å²) in [5.41, 5.74) is 4.20. The molecule has 5 nitrogen and oxygen atoms in total. The van der Waals surface area contributed by atoms with Gasteiger partial charge in [0, 0.05) is 17.5 Å². The van der Waals surface area contributed by atoms with Gasteiger partial charge in [-0.15, -0.1) is 0 Å². The molecule has 0 saturated carbocycles. The summed E-state index contributed by atoms with van der Waals surface area (Å²) in [5.74, 6) is 0.835. The molecule has 0 radical (unpaired) electrons. The normalized spacial score (nSPS) is 11.1. The Balaban J connectivity index is 1.65. The van der Waals surface area contributed by atoms with Gasteiger partial charge in [0.25, 0.3) is 0 Å². The lowest BCUT2D eigenvalue weighted by Crippen LogP contribution is -2.11. The average molecular weight is 325 g/mol. The summed E-state index contributed by atoms with van der Waals surface area (Å²) >= 11 is 0. The van der Waals surface area contributed by atoms with E-state index < -0.39 is 0 Å². The lowest BCUT2D eigenvalue weighted by molar-refractivity contribution is 0.109. The van der Waals surface area contributed by atoms with Crippen LogP contribution in [0.15, 0.2) is 48.5 Å². The van der Waals surface area contributed by atoms with Crippen LogP contribution in [0.5, 0.6) is 0 Å². The van der Waals surface area contributed by atoms with E-state index in [-0.39, 0.29) is 6.61 Å². The topological polar surface area (TPSA) is 52.2 Å². The summed E-state index contributed by atoms with van der Waals surface area (Å²) in [6, 6.07) is 16.1. The van der Waals surface area contributed by atoms with Crippen molar-refractivity contribution in [1.29, 1.82) is 0 Å². The van der Waals surface area contributed by atoms with Crippen LogP contribution >= 0.6 is 0 Å². The Morgan fingerprint density at radius 1 is 1.04 bits per heavy atom. The zero-order valence-corrected chi connectivity index (χ0v) is 14.1. The number of rotatable bonds is 7. The molecule has 0 bridgehead atoms. The van der Waals surface area contributed by atoms with Crippen LogP contribution in [-0.2, 0) is 24.5 Å². The predicted molar refractivity (Wildman–Crippen MR) is 93.0 cm³/mol. The molecule has 0 aliphatic rings. The van der Waals surface area contributed by atoms with Crippen LogP contribution in [-0.4, -0.2) is 26.1 Å². The Morgan fingerprint density at radius 3 is 2.42 bits per heavy atom. The average Bonchev–Trinajstić information content (AvgIpc) is 3.15. The van der Waals surface area contributed by atoms with Gasteiger partial charge in [-0.05, 0) is 31.5 Å². The molecule has 3 aromatic rings. The molecule has 126 valence electrons. The Kier molecular flexibility index (Phi) is 5.13. The van der Waals surface area contributed by atoms with Gasteiger partial charge in [0.1, 0.15) is 0 Å². The first-order chi connectivity index (χ1) is 11.7. The van der Waals surface area contributed by atoms with Gasteiger partial charge in [0.2, 0.25) is 0 Å². The molecule has 2 heterocycles. The van der Waals surface area contributed by atoms with Crippen molar-refractivity contribution >= 4 is 0 Å². The summed E-state index contributed by atoms with van der Waals surface area (Å²) in [5, 5.41) is 14.2. The van der Waals surface area contributed by atoms with Crippen molar-refractivity contribution in [2.45, 2.75) is 33.6 Å². The van der Waals surface area contributed by atoms with E-state index in [1.165, 1.54) is 0 Å². The Labute approximate surface area is 142 Å². The number of aryl methyl sites for hydroxylation is 2. The molecule has 0 amide bonds. The Hall–Kier alpha value is -2.37. The minimum Gasteiger partial charge on any atom is -0.390 e. The minimum absolute atomic E-state index is 0.0367. The fourth-order valence-corrected chi connectivity index (χ4v) is 2.82. The number of benzene rings is 1. The van der Waals surface area contributed by atoms with Gasteiger partial charge in [0.05, 0.1) is 32.1 Å². The molecule has 0 saturated heterocycles. The van der Waals surface area contributed by atoms with Crippen LogP contribution < -0.4 is 0 Å². The largest absolute Gasteiger partial charge is 0.390 e. The van der Waals surface area contributed by atoms with Gasteiger partial charge in [-0.25, -0.2) is 0 Å². The molecule has 0 aliphatic heterocycles. The van der Waals surface area contributed by atoms with E-state index in [1.54, 1.807) is 0 Å². The number of aromatic nitrogens is 3. The molecule has 0 atom stereocenters. The van der Waals surface area contributed by atoms with Gasteiger partial charge in [-0.3, -0.25) is 4.68 Å². The predicted octanol–water partition coefficient (Wildman–Crippen LogP) is 3.00. The van der Waals surface area contributed by atoms with E-state index in [0.717, 1.165) is 28.5 Å². The van der Waals surface area contributed by atoms with Crippen molar-refractivity contribution in [3.63, 3.8) is 0 Å². The Bertz CT molecular complexity index is 771. The molecule has 0 spiro atoms. The van der Waals surface area contributed by atoms with Gasteiger partial charge in [0.15, 0.2) is 5.82 Å². The van der Waals surface area contributed by atoms with Crippen LogP contribution in [0.1, 0.15) is 22.6 Å². The van der Waals surface area contributed by atoms with Crippen molar-refractivity contribution < 1.29 is 9.84 Å². The molecule has 1 N–H and O–H groups in total. The highest BCUT2D eigenvalue weighted by Gasteiger charge is 2.11. The molecule has 3 rings (SSSR count). The maximum Gasteiger partial charge on any atom is 0.159 e. The number of nitrogens with zero attached hydrogens (tertiary/aromatic N) is 3. The zero-order chi connectivity index (χ0) is 16.9. The van der Waals surface area contributed by atoms with Crippen LogP contribution in [0.4, 0.5) is 0 Å². The first-order valence-electron chi connectivity index (χ1n) is 8.13. The summed E-state index contributed by atoms with van der Waals surface area (Å²) < 4.78 is 9.62. The third-order valence-electron chi connectivity index (χ3n) is 4.07. The highest BCUT2D eigenvalue weighted by Crippen LogP contribution is 2.16. The smallest absolute Gasteiger partial charge is 0.159 e. The second-order valence-corrected chi connectivity index (χ2v) is 5.86. The third-order valence-corrected chi connectivity index (χ3v) is 4.07. The second kappa shape index (κ2) is 7.47. The van der Waals surface area contributed by atoms with Gasteiger partial charge in [-0.2, -0.15) is 5.10 Å². The number of hydrogen-bond donors (Lipinski definition) is 1. The van der Waals surface area contributed by atoms with E-state index in [4.69, 9.17) is 4.74 Å². The molecule has 2 aromatic heterocycles. The van der Waals surface area contributed by atoms with Crippen LogP contribution in [0.25, 0.3) is 5.82 Å². The van der Waals surface area contributed by atoms with Gasteiger partial charge in [-0.1, -0.05) is 30.3 Å². The molecule has 0 unspecified atom stereocenters. The second-order valence-electron chi connectivity index (χ2n) is 5.86. The van der Waals surface area contributed by atoms with E-state index in [9.17, 15) is 5.11 Å². The standard InChI is InChI=1S/C19H23N3O2/c1-15-8-9-16(2)22(15)19-12-18(13-23)21(20-19)10-11-24-14-17-6-4-3-5-7-17/h3-9,12,23H,10-11,13-14H2,1-2H3. The van der Waals surface area contributed by atoms with E-state index in [1.807, 2.05) is 54.9 Å². The molecule has 5 heteroatoms. The number of hydrogen-bond acceptors (Lipinski definition) is 3. The number of aliphatic hydroxyl groups is 1. The monoisotopic (exact) mass is 325 g/mol. The van der Waals surface area contributed by atoms with E-state index in [0.29, 0.717) is 19.8 Å². The molecular formula is C19H23N3O2. The summed E-state index contributed by atoms with van der Waals surface area (Å²) in [6.45, 7) is 5.81. The third kappa shape index (κ3) is 3.58. The maximum absolute atomic E-state index is 9.59. The summed E-state index contributed by atoms with van der Waals surface area (Å²) in [6.07, 6.45) is 0. The minimum atomic E-state index is -0.0367. The molecular weight excluding hydrogens is 302 g/mol. The quantitative estimate of drug-likeness (QED) is 0.680. The van der Waals surface area contributed by atoms with Crippen molar-refractivity contribution in [3.8, 4) is 5.82 Å². The van der Waals surface area contributed by atoms with Crippen molar-refractivity contribution in [3.05, 3.63) is 71.2 Å². The fraction of sp³-hybridized carbons (Fsp3) is 0.316. The highest BCUT2D eigenvalue weighted by atomic mass is 16.5. The molecule has 1 aromatic carbocycles. The van der Waals surface area contributed by atoms with Crippen LogP contribution in [0.3, 0.4) is 0 Å². The van der Waals surface area contributed by atoms with Gasteiger partial charge < -0.3 is 14.4 Å². The van der Waals surface area contributed by atoms with E-state index in [2.05, 4.69) is 21.8 Å². The first kappa shape index (κ1) is 16.5.